The minimum Gasteiger partial charge on any atom is -0.327 e. The Bertz CT molecular complexity index is 780. The molecule has 0 saturated carbocycles. The number of amides is 1. The SMILES string of the molecule is O=C(C[NH+]1CCC(Cc2ccccc2)CC1)N1CCC(c2ccccc2)=N1. The lowest BCUT2D eigenvalue weighted by molar-refractivity contribution is -0.898. The molecule has 0 atom stereocenters. The van der Waals surface area contributed by atoms with Crippen LogP contribution in [0.5, 0.6) is 0 Å². The maximum absolute atomic E-state index is 12.7. The summed E-state index contributed by atoms with van der Waals surface area (Å²) in [6.45, 7) is 3.47. The largest absolute Gasteiger partial charge is 0.327 e. The molecule has 4 heteroatoms. The first kappa shape index (κ1) is 17.9. The summed E-state index contributed by atoms with van der Waals surface area (Å²) < 4.78 is 0. The van der Waals surface area contributed by atoms with Gasteiger partial charge in [0.25, 0.3) is 5.91 Å². The van der Waals surface area contributed by atoms with E-state index >= 15 is 0 Å². The van der Waals surface area contributed by atoms with E-state index in [0.717, 1.165) is 36.7 Å². The molecular formula is C23H28N3O+. The third-order valence-electron chi connectivity index (χ3n) is 5.78. The van der Waals surface area contributed by atoms with Gasteiger partial charge in [-0.15, -0.1) is 0 Å². The molecule has 0 radical (unpaired) electrons. The summed E-state index contributed by atoms with van der Waals surface area (Å²) >= 11 is 0. The Morgan fingerprint density at radius 1 is 1.00 bits per heavy atom. The van der Waals surface area contributed by atoms with Crippen LogP contribution in [0.25, 0.3) is 0 Å². The molecule has 4 nitrogen and oxygen atoms in total. The third kappa shape index (κ3) is 4.64. The number of quaternary nitrogens is 1. The zero-order chi connectivity index (χ0) is 18.5. The minimum atomic E-state index is 0.164. The van der Waals surface area contributed by atoms with Gasteiger partial charge in [-0.2, -0.15) is 5.10 Å². The van der Waals surface area contributed by atoms with Crippen LogP contribution in [0.1, 0.15) is 30.4 Å². The van der Waals surface area contributed by atoms with Crippen LogP contribution in [0.2, 0.25) is 0 Å². The van der Waals surface area contributed by atoms with Crippen molar-refractivity contribution in [3.63, 3.8) is 0 Å². The van der Waals surface area contributed by atoms with E-state index in [0.29, 0.717) is 13.1 Å². The van der Waals surface area contributed by atoms with Crippen LogP contribution in [0, 0.1) is 5.92 Å². The topological polar surface area (TPSA) is 37.1 Å². The highest BCUT2D eigenvalue weighted by molar-refractivity contribution is 6.02. The molecule has 2 aliphatic heterocycles. The summed E-state index contributed by atoms with van der Waals surface area (Å²) in [5, 5.41) is 6.27. The molecule has 2 aliphatic rings. The van der Waals surface area contributed by atoms with Gasteiger partial charge in [-0.1, -0.05) is 60.7 Å². The maximum atomic E-state index is 12.7. The summed E-state index contributed by atoms with van der Waals surface area (Å²) in [5.41, 5.74) is 3.59. The van der Waals surface area contributed by atoms with Gasteiger partial charge < -0.3 is 4.90 Å². The van der Waals surface area contributed by atoms with Gasteiger partial charge in [-0.25, -0.2) is 5.01 Å². The van der Waals surface area contributed by atoms with Crippen molar-refractivity contribution >= 4 is 11.6 Å². The average Bonchev–Trinajstić information content (AvgIpc) is 3.21. The molecule has 1 fully saturated rings. The third-order valence-corrected chi connectivity index (χ3v) is 5.78. The van der Waals surface area contributed by atoms with Crippen LogP contribution in [-0.2, 0) is 11.2 Å². The van der Waals surface area contributed by atoms with Crippen molar-refractivity contribution in [2.75, 3.05) is 26.2 Å². The first-order chi connectivity index (χ1) is 13.3. The van der Waals surface area contributed by atoms with E-state index in [2.05, 4.69) is 47.6 Å². The van der Waals surface area contributed by atoms with E-state index in [-0.39, 0.29) is 5.91 Å². The molecule has 0 aliphatic carbocycles. The standard InChI is InChI=1S/C23H27N3O/c27-23(26-16-13-22(24-26)21-9-5-2-6-10-21)18-25-14-11-20(12-15-25)17-19-7-3-1-4-8-19/h1-10,20H,11-18H2/p+1. The Hall–Kier alpha value is -2.46. The van der Waals surface area contributed by atoms with E-state index in [1.54, 1.807) is 5.01 Å². The van der Waals surface area contributed by atoms with E-state index in [9.17, 15) is 4.79 Å². The molecule has 2 aromatic carbocycles. The van der Waals surface area contributed by atoms with Gasteiger partial charge in [0, 0.05) is 6.42 Å². The molecule has 0 aromatic heterocycles. The summed E-state index contributed by atoms with van der Waals surface area (Å²) in [6, 6.07) is 20.9. The first-order valence-electron chi connectivity index (χ1n) is 10.1. The lowest BCUT2D eigenvalue weighted by Gasteiger charge is -2.29. The summed E-state index contributed by atoms with van der Waals surface area (Å²) in [7, 11) is 0. The van der Waals surface area contributed by atoms with E-state index in [1.807, 2.05) is 18.2 Å². The van der Waals surface area contributed by atoms with Crippen molar-refractivity contribution in [2.24, 2.45) is 11.0 Å². The van der Waals surface area contributed by atoms with Crippen LogP contribution in [-0.4, -0.2) is 42.8 Å². The predicted molar refractivity (Wildman–Crippen MR) is 108 cm³/mol. The van der Waals surface area contributed by atoms with Gasteiger partial charge in [0.15, 0.2) is 6.54 Å². The first-order valence-corrected chi connectivity index (χ1v) is 10.1. The van der Waals surface area contributed by atoms with Gasteiger partial charge in [-0.05, 0) is 36.3 Å². The van der Waals surface area contributed by atoms with Crippen molar-refractivity contribution < 1.29 is 9.69 Å². The zero-order valence-electron chi connectivity index (χ0n) is 15.8. The van der Waals surface area contributed by atoms with Crippen molar-refractivity contribution in [3.8, 4) is 0 Å². The molecule has 0 bridgehead atoms. The van der Waals surface area contributed by atoms with Crippen molar-refractivity contribution in [3.05, 3.63) is 71.8 Å². The van der Waals surface area contributed by atoms with Crippen LogP contribution in [0.4, 0.5) is 0 Å². The van der Waals surface area contributed by atoms with Crippen molar-refractivity contribution in [1.29, 1.82) is 0 Å². The zero-order valence-corrected chi connectivity index (χ0v) is 15.8. The molecule has 2 heterocycles. The van der Waals surface area contributed by atoms with Crippen LogP contribution in [0.3, 0.4) is 0 Å². The molecule has 0 spiro atoms. The van der Waals surface area contributed by atoms with Crippen LogP contribution in [0.15, 0.2) is 65.8 Å². The Kier molecular flexibility index (Phi) is 5.64. The van der Waals surface area contributed by atoms with E-state index in [1.165, 1.54) is 29.7 Å². The Balaban J connectivity index is 1.26. The fourth-order valence-corrected chi connectivity index (χ4v) is 4.19. The number of hydrogen-bond donors (Lipinski definition) is 1. The van der Waals surface area contributed by atoms with Gasteiger partial charge in [0.2, 0.25) is 0 Å². The number of piperidine rings is 1. The van der Waals surface area contributed by atoms with E-state index in [4.69, 9.17) is 0 Å². The highest BCUT2D eigenvalue weighted by Gasteiger charge is 2.28. The fourth-order valence-electron chi connectivity index (χ4n) is 4.19. The monoisotopic (exact) mass is 362 g/mol. The maximum Gasteiger partial charge on any atom is 0.297 e. The molecule has 1 N–H and O–H groups in total. The van der Waals surface area contributed by atoms with Crippen molar-refractivity contribution in [2.45, 2.75) is 25.7 Å². The number of hydrogen-bond acceptors (Lipinski definition) is 2. The Morgan fingerprint density at radius 3 is 2.37 bits per heavy atom. The minimum absolute atomic E-state index is 0.164. The van der Waals surface area contributed by atoms with Gasteiger partial charge >= 0.3 is 0 Å². The molecule has 140 valence electrons. The lowest BCUT2D eigenvalue weighted by Crippen LogP contribution is -3.14. The van der Waals surface area contributed by atoms with Gasteiger partial charge in [0.05, 0.1) is 25.3 Å². The second-order valence-electron chi connectivity index (χ2n) is 7.74. The van der Waals surface area contributed by atoms with Crippen LogP contribution < -0.4 is 4.90 Å². The number of nitrogens with one attached hydrogen (secondary N) is 1. The Labute approximate surface area is 161 Å². The molecular weight excluding hydrogens is 334 g/mol. The van der Waals surface area contributed by atoms with Crippen LogP contribution >= 0.6 is 0 Å². The number of nitrogens with zero attached hydrogens (tertiary/aromatic N) is 2. The van der Waals surface area contributed by atoms with Gasteiger partial charge in [0.1, 0.15) is 0 Å². The molecule has 2 aromatic rings. The number of carbonyl (C=O) groups excluding carboxylic acids is 1. The number of rotatable bonds is 5. The second kappa shape index (κ2) is 8.49. The average molecular weight is 362 g/mol. The molecule has 4 rings (SSSR count). The number of benzene rings is 2. The quantitative estimate of drug-likeness (QED) is 0.870. The van der Waals surface area contributed by atoms with E-state index < -0.39 is 0 Å². The lowest BCUT2D eigenvalue weighted by atomic mass is 9.90. The molecule has 1 saturated heterocycles. The highest BCUT2D eigenvalue weighted by atomic mass is 16.2. The second-order valence-corrected chi connectivity index (χ2v) is 7.74. The fraction of sp³-hybridized carbons (Fsp3) is 0.391. The number of carbonyl (C=O) groups is 1. The molecule has 1 amide bonds. The predicted octanol–water partition coefficient (Wildman–Crippen LogP) is 2.16. The van der Waals surface area contributed by atoms with Crippen molar-refractivity contribution in [1.82, 2.24) is 5.01 Å². The summed E-state index contributed by atoms with van der Waals surface area (Å²) in [5.74, 6) is 0.915. The highest BCUT2D eigenvalue weighted by Crippen LogP contribution is 2.17. The summed E-state index contributed by atoms with van der Waals surface area (Å²) in [4.78, 5) is 14.1. The smallest absolute Gasteiger partial charge is 0.297 e. The normalized spacial score (nSPS) is 22.5. The van der Waals surface area contributed by atoms with Gasteiger partial charge in [-0.3, -0.25) is 4.79 Å². The Morgan fingerprint density at radius 2 is 1.67 bits per heavy atom. The molecule has 0 unspecified atom stereocenters. The molecule has 27 heavy (non-hydrogen) atoms. The number of hydrazone groups is 1. The number of likely N-dealkylation sites (tertiary alicyclic amines) is 1. The summed E-state index contributed by atoms with van der Waals surface area (Å²) in [6.07, 6.45) is 4.43.